The Morgan fingerprint density at radius 2 is 1.97 bits per heavy atom. The maximum Gasteiger partial charge on any atom is 0.229 e. The normalized spacial score (nSPS) is 29.4. The number of hydrogen-bond acceptors (Lipinski definition) is 4. The van der Waals surface area contributed by atoms with Crippen LogP contribution in [0.5, 0.6) is 0 Å². The van der Waals surface area contributed by atoms with Crippen LogP contribution < -0.4 is 4.72 Å². The molecule has 0 radical (unpaired) electrons. The Labute approximate surface area is 181 Å². The van der Waals surface area contributed by atoms with E-state index in [0.29, 0.717) is 36.6 Å². The van der Waals surface area contributed by atoms with E-state index in [4.69, 9.17) is 4.98 Å². The number of nitrogens with zero attached hydrogens (tertiary/aromatic N) is 2. The van der Waals surface area contributed by atoms with Crippen molar-refractivity contribution in [2.24, 2.45) is 11.3 Å². The van der Waals surface area contributed by atoms with Gasteiger partial charge >= 0.3 is 0 Å². The number of halogens is 1. The zero-order chi connectivity index (χ0) is 21.8. The smallest absolute Gasteiger partial charge is 0.229 e. The maximum atomic E-state index is 13.6. The molecule has 1 N–H and O–H groups in total. The van der Waals surface area contributed by atoms with Crippen molar-refractivity contribution in [2.75, 3.05) is 12.8 Å². The first-order valence-electron chi connectivity index (χ1n) is 10.7. The predicted molar refractivity (Wildman–Crippen MR) is 115 cm³/mol. The molecule has 6 nitrogen and oxygen atoms in total. The fourth-order valence-electron chi connectivity index (χ4n) is 5.43. The van der Waals surface area contributed by atoms with E-state index in [9.17, 15) is 17.6 Å². The molecule has 1 saturated heterocycles. The fourth-order valence-corrected chi connectivity index (χ4v) is 6.26. The Bertz CT molecular complexity index is 1120. The Kier molecular flexibility index (Phi) is 4.90. The van der Waals surface area contributed by atoms with Gasteiger partial charge in [-0.15, -0.1) is 0 Å². The molecule has 164 valence electrons. The molecule has 6 rings (SSSR count). The molecule has 1 aromatic carbocycles. The van der Waals surface area contributed by atoms with E-state index >= 15 is 0 Å². The van der Waals surface area contributed by atoms with E-state index in [1.807, 2.05) is 23.1 Å². The summed E-state index contributed by atoms with van der Waals surface area (Å²) >= 11 is 0. The molecule has 1 amide bonds. The summed E-state index contributed by atoms with van der Waals surface area (Å²) in [6.45, 7) is 0.548. The van der Waals surface area contributed by atoms with Gasteiger partial charge in [0.2, 0.25) is 15.9 Å². The minimum Gasteiger partial charge on any atom is -0.337 e. The number of carbonyl (C=O) groups excluding carboxylic acids is 1. The quantitative estimate of drug-likeness (QED) is 0.745. The van der Waals surface area contributed by atoms with E-state index in [-0.39, 0.29) is 29.2 Å². The molecule has 2 unspecified atom stereocenters. The van der Waals surface area contributed by atoms with Crippen molar-refractivity contribution in [2.45, 2.75) is 44.2 Å². The maximum absolute atomic E-state index is 13.6. The zero-order valence-electron chi connectivity index (χ0n) is 17.4. The van der Waals surface area contributed by atoms with Crippen molar-refractivity contribution in [1.29, 1.82) is 0 Å². The first kappa shape index (κ1) is 20.6. The Balaban J connectivity index is 1.42. The first-order chi connectivity index (χ1) is 14.7. The van der Waals surface area contributed by atoms with Gasteiger partial charge in [-0.2, -0.15) is 0 Å². The summed E-state index contributed by atoms with van der Waals surface area (Å²) in [6, 6.07) is 11.2. The third-order valence-electron chi connectivity index (χ3n) is 7.01. The lowest BCUT2D eigenvalue weighted by atomic mass is 9.44. The minimum absolute atomic E-state index is 0.166. The lowest BCUT2D eigenvalue weighted by Crippen LogP contribution is -2.62. The molecule has 31 heavy (non-hydrogen) atoms. The van der Waals surface area contributed by atoms with Gasteiger partial charge in [0.05, 0.1) is 23.4 Å². The molecule has 4 aliphatic rings. The Hall–Kier alpha value is -2.32. The highest BCUT2D eigenvalue weighted by molar-refractivity contribution is 7.88. The van der Waals surface area contributed by atoms with Crippen LogP contribution in [0.4, 0.5) is 4.39 Å². The molecule has 3 saturated carbocycles. The second-order valence-electron chi connectivity index (χ2n) is 9.34. The van der Waals surface area contributed by atoms with Crippen LogP contribution in [0.25, 0.3) is 11.3 Å². The number of aromatic nitrogens is 1. The predicted octanol–water partition coefficient (Wildman–Crippen LogP) is 2.75. The van der Waals surface area contributed by atoms with Crippen LogP contribution in [0, 0.1) is 17.2 Å². The van der Waals surface area contributed by atoms with E-state index in [1.165, 1.54) is 12.1 Å². The number of hydrogen-bond donors (Lipinski definition) is 1. The summed E-state index contributed by atoms with van der Waals surface area (Å²) in [5.41, 5.74) is 1.88. The number of pyridine rings is 1. The van der Waals surface area contributed by atoms with Gasteiger partial charge in [0, 0.05) is 30.3 Å². The van der Waals surface area contributed by atoms with Gasteiger partial charge in [-0.1, -0.05) is 18.2 Å². The molecule has 2 heterocycles. The summed E-state index contributed by atoms with van der Waals surface area (Å²) in [7, 11) is -3.41. The van der Waals surface area contributed by atoms with Gasteiger partial charge in [-0.25, -0.2) is 17.5 Å². The number of amides is 1. The average molecular weight is 444 g/mol. The first-order valence-corrected chi connectivity index (χ1v) is 12.6. The molecule has 8 heteroatoms. The average Bonchev–Trinajstić information content (AvgIpc) is 3.00. The number of rotatable bonds is 6. The number of carbonyl (C=O) groups is 1. The second kappa shape index (κ2) is 7.38. The summed E-state index contributed by atoms with van der Waals surface area (Å²) in [5, 5.41) is 0. The Morgan fingerprint density at radius 3 is 2.61 bits per heavy atom. The van der Waals surface area contributed by atoms with E-state index in [1.54, 1.807) is 12.1 Å². The van der Waals surface area contributed by atoms with Crippen LogP contribution in [0.3, 0.4) is 0 Å². The molecule has 1 aromatic heterocycles. The van der Waals surface area contributed by atoms with Gasteiger partial charge < -0.3 is 4.90 Å². The van der Waals surface area contributed by atoms with Crippen molar-refractivity contribution in [3.63, 3.8) is 0 Å². The van der Waals surface area contributed by atoms with Gasteiger partial charge in [-0.05, 0) is 55.9 Å². The molecule has 2 atom stereocenters. The molecule has 1 aliphatic heterocycles. The van der Waals surface area contributed by atoms with Crippen LogP contribution in [-0.4, -0.2) is 49.1 Å². The third-order valence-corrected chi connectivity index (χ3v) is 7.74. The number of benzene rings is 1. The van der Waals surface area contributed by atoms with Crippen LogP contribution in [0.1, 0.15) is 31.4 Å². The molecular weight excluding hydrogens is 417 g/mol. The molecule has 2 bridgehead atoms. The van der Waals surface area contributed by atoms with Gasteiger partial charge in [-0.3, -0.25) is 9.78 Å². The third kappa shape index (κ3) is 3.87. The number of nitrogens with one attached hydrogen (secondary N) is 1. The lowest BCUT2D eigenvalue weighted by molar-refractivity contribution is -0.177. The van der Waals surface area contributed by atoms with Gasteiger partial charge in [0.25, 0.3) is 0 Å². The van der Waals surface area contributed by atoms with Crippen molar-refractivity contribution >= 4 is 15.9 Å². The Morgan fingerprint density at radius 1 is 1.23 bits per heavy atom. The molecule has 3 aliphatic carbocycles. The SMILES string of the molecule is CS(=O)(=O)NC1CCN(C(=O)C23CC(C2)C3)C1Cc1cccc(-c2cccc(F)c2)n1. The molecule has 4 fully saturated rings. The van der Waals surface area contributed by atoms with Crippen LogP contribution >= 0.6 is 0 Å². The molecule has 0 spiro atoms. The van der Waals surface area contributed by atoms with Crippen LogP contribution in [0.2, 0.25) is 0 Å². The van der Waals surface area contributed by atoms with Gasteiger partial charge in [0.15, 0.2) is 0 Å². The standard InChI is InChI=1S/C23H26FN3O3S/c1-31(29,30)26-20-8-9-27(22(28)23-12-15(13-23)14-23)21(20)11-18-6-3-7-19(25-18)16-4-2-5-17(24)10-16/h2-7,10,15,20-21,26H,8-9,11-14H2,1H3. The van der Waals surface area contributed by atoms with Crippen molar-refractivity contribution in [1.82, 2.24) is 14.6 Å². The highest BCUT2D eigenvalue weighted by Crippen LogP contribution is 2.65. The monoisotopic (exact) mass is 443 g/mol. The number of sulfonamides is 1. The highest BCUT2D eigenvalue weighted by Gasteiger charge is 2.63. The fraction of sp³-hybridized carbons (Fsp3) is 0.478. The van der Waals surface area contributed by atoms with Crippen LogP contribution in [-0.2, 0) is 21.2 Å². The summed E-state index contributed by atoms with van der Waals surface area (Å²) in [4.78, 5) is 19.9. The summed E-state index contributed by atoms with van der Waals surface area (Å²) in [5.74, 6) is 0.534. The summed E-state index contributed by atoms with van der Waals surface area (Å²) < 4.78 is 40.3. The van der Waals surface area contributed by atoms with E-state index < -0.39 is 10.0 Å². The highest BCUT2D eigenvalue weighted by atomic mass is 32.2. The molecular formula is C23H26FN3O3S. The van der Waals surface area contributed by atoms with Crippen molar-refractivity contribution in [3.8, 4) is 11.3 Å². The van der Waals surface area contributed by atoms with E-state index in [2.05, 4.69) is 4.72 Å². The summed E-state index contributed by atoms with van der Waals surface area (Å²) in [6.07, 6.45) is 5.08. The van der Waals surface area contributed by atoms with Crippen molar-refractivity contribution in [3.05, 3.63) is 54.0 Å². The largest absolute Gasteiger partial charge is 0.337 e. The van der Waals surface area contributed by atoms with Crippen molar-refractivity contribution < 1.29 is 17.6 Å². The van der Waals surface area contributed by atoms with Gasteiger partial charge in [0.1, 0.15) is 5.82 Å². The number of likely N-dealkylation sites (tertiary alicyclic amines) is 1. The van der Waals surface area contributed by atoms with E-state index in [0.717, 1.165) is 31.2 Å². The molecule has 2 aromatic rings. The minimum atomic E-state index is -3.41. The second-order valence-corrected chi connectivity index (χ2v) is 11.1. The van der Waals surface area contributed by atoms with Crippen LogP contribution in [0.15, 0.2) is 42.5 Å². The lowest BCUT2D eigenvalue weighted by Gasteiger charge is -2.61. The zero-order valence-corrected chi connectivity index (χ0v) is 18.2. The topological polar surface area (TPSA) is 79.4 Å².